The zero-order valence-corrected chi connectivity index (χ0v) is 39.3. The molecule has 0 heterocycles. The van der Waals surface area contributed by atoms with Crippen LogP contribution in [0.4, 0.5) is 0 Å². The highest BCUT2D eigenvalue weighted by atomic mass is 127. The first-order valence-corrected chi connectivity index (χ1v) is 24.8. The van der Waals surface area contributed by atoms with E-state index in [-0.39, 0.29) is 88.3 Å². The van der Waals surface area contributed by atoms with Crippen molar-refractivity contribution in [3.05, 3.63) is 0 Å². The largest absolute Gasteiger partial charge is 0.377 e. The minimum atomic E-state index is -3.82. The van der Waals surface area contributed by atoms with Gasteiger partial charge in [0.15, 0.2) is 0 Å². The predicted octanol–water partition coefficient (Wildman–Crippen LogP) is 2.33. The second-order valence-corrected chi connectivity index (χ2v) is 17.2. The number of carbonyl (C=O) groups is 5. The van der Waals surface area contributed by atoms with E-state index in [1.165, 1.54) is 38.5 Å². The number of hydrogen-bond donors (Lipinski definition) is 8. The Morgan fingerprint density at radius 1 is 0.525 bits per heavy atom. The molecule has 0 saturated carbocycles. The zero-order valence-electron chi connectivity index (χ0n) is 36.4. The molecule has 0 aromatic rings. The molecule has 0 aliphatic heterocycles. The highest BCUT2D eigenvalue weighted by molar-refractivity contribution is 14.1. The predicted molar refractivity (Wildman–Crippen MR) is 242 cm³/mol. The first-order valence-electron chi connectivity index (χ1n) is 22.1. The summed E-state index contributed by atoms with van der Waals surface area (Å²) in [6.07, 6.45) is 18.3. The Hall–Kier alpha value is -2.25. The Morgan fingerprint density at radius 3 is 1.44 bits per heavy atom. The van der Waals surface area contributed by atoms with Gasteiger partial charge in [0.05, 0.1) is 57.5 Å². The summed E-state index contributed by atoms with van der Waals surface area (Å²) in [5.41, 5.74) is 11.3. The third-order valence-electron chi connectivity index (χ3n) is 9.45. The molecular formula is C40H78IN7O12S. The van der Waals surface area contributed by atoms with Crippen LogP contribution in [0.3, 0.4) is 0 Å². The number of halogens is 1. The van der Waals surface area contributed by atoms with Crippen molar-refractivity contribution >= 4 is 62.5 Å². The monoisotopic (exact) mass is 1010 g/mol. The van der Waals surface area contributed by atoms with Crippen molar-refractivity contribution in [1.82, 2.24) is 24.8 Å². The second kappa shape index (κ2) is 41.7. The van der Waals surface area contributed by atoms with Gasteiger partial charge >= 0.3 is 0 Å². The van der Waals surface area contributed by atoms with E-state index in [0.29, 0.717) is 51.9 Å². The molecule has 5 amide bonds. The van der Waals surface area contributed by atoms with E-state index in [2.05, 4.69) is 24.8 Å². The van der Waals surface area contributed by atoms with Gasteiger partial charge in [-0.25, -0.2) is 3.53 Å². The van der Waals surface area contributed by atoms with E-state index in [1.807, 2.05) is 22.9 Å². The topological polar surface area (TPSA) is 289 Å². The molecule has 0 aliphatic carbocycles. The highest BCUT2D eigenvalue weighted by Gasteiger charge is 2.14. The Kier molecular flexibility index (Phi) is 40.2. The third kappa shape index (κ3) is 42.8. The van der Waals surface area contributed by atoms with Gasteiger partial charge in [-0.1, -0.05) is 70.6 Å². The average Bonchev–Trinajstić information content (AvgIpc) is 3.21. The van der Waals surface area contributed by atoms with Crippen molar-refractivity contribution in [3.8, 4) is 0 Å². The van der Waals surface area contributed by atoms with Gasteiger partial charge in [-0.15, -0.1) is 0 Å². The van der Waals surface area contributed by atoms with Crippen LogP contribution in [0.1, 0.15) is 128 Å². The molecule has 358 valence electrons. The quantitative estimate of drug-likeness (QED) is 0.0188. The SMILES string of the molecule is NC(=O)[C@H](CCCCNC(=O)COCCOCCNC(=O)COCCOCCNC(=O)[C@@H](N)CCCCNC(=O)CCCCCCCCCCCCCCCS(=O)(=O)O)NI. The van der Waals surface area contributed by atoms with E-state index >= 15 is 0 Å². The summed E-state index contributed by atoms with van der Waals surface area (Å²) in [7, 11) is -3.82. The van der Waals surface area contributed by atoms with E-state index in [1.54, 1.807) is 0 Å². The molecule has 61 heavy (non-hydrogen) atoms. The maximum atomic E-state index is 12.3. The van der Waals surface area contributed by atoms with E-state index in [0.717, 1.165) is 64.2 Å². The fourth-order valence-corrected chi connectivity index (χ4v) is 7.10. The number of amides is 5. The molecule has 0 rings (SSSR count). The summed E-state index contributed by atoms with van der Waals surface area (Å²) in [6, 6.07) is -1.02. The van der Waals surface area contributed by atoms with E-state index in [9.17, 15) is 32.4 Å². The van der Waals surface area contributed by atoms with E-state index in [4.69, 9.17) is 35.0 Å². The minimum absolute atomic E-state index is 0.0581. The van der Waals surface area contributed by atoms with Gasteiger partial charge in [0.2, 0.25) is 29.5 Å². The van der Waals surface area contributed by atoms with Crippen molar-refractivity contribution in [2.24, 2.45) is 11.5 Å². The maximum absolute atomic E-state index is 12.3. The fourth-order valence-electron chi connectivity index (χ4n) is 5.91. The van der Waals surface area contributed by atoms with Crippen LogP contribution in [0.15, 0.2) is 0 Å². The van der Waals surface area contributed by atoms with Crippen LogP contribution < -0.4 is 36.3 Å². The number of nitrogens with two attached hydrogens (primary N) is 2. The normalized spacial score (nSPS) is 12.4. The number of unbranched alkanes of at least 4 members (excludes halogenated alkanes) is 14. The number of rotatable bonds is 45. The van der Waals surface area contributed by atoms with Gasteiger partial charge in [0.1, 0.15) is 13.2 Å². The summed E-state index contributed by atoms with van der Waals surface area (Å²) in [5.74, 6) is -1.26. The van der Waals surface area contributed by atoms with Crippen molar-refractivity contribution < 1.29 is 55.9 Å². The summed E-state index contributed by atoms with van der Waals surface area (Å²) < 4.78 is 54.3. The number of ether oxygens (including phenoxy) is 4. The van der Waals surface area contributed by atoms with Gasteiger partial charge in [-0.3, -0.25) is 28.5 Å². The van der Waals surface area contributed by atoms with Crippen LogP contribution in [0, 0.1) is 0 Å². The Labute approximate surface area is 378 Å². The summed E-state index contributed by atoms with van der Waals surface area (Å²) in [6.45, 7) is 2.95. The molecule has 0 bridgehead atoms. The molecule has 0 radical (unpaired) electrons. The lowest BCUT2D eigenvalue weighted by molar-refractivity contribution is -0.127. The van der Waals surface area contributed by atoms with Crippen LogP contribution in [0.5, 0.6) is 0 Å². The minimum Gasteiger partial charge on any atom is -0.377 e. The lowest BCUT2D eigenvalue weighted by Gasteiger charge is -2.12. The third-order valence-corrected chi connectivity index (χ3v) is 11.0. The van der Waals surface area contributed by atoms with Crippen molar-refractivity contribution in [1.29, 1.82) is 0 Å². The lowest BCUT2D eigenvalue weighted by Crippen LogP contribution is -2.41. The summed E-state index contributed by atoms with van der Waals surface area (Å²) in [5, 5.41) is 11.1. The number of carbonyl (C=O) groups excluding carboxylic acids is 5. The Morgan fingerprint density at radius 2 is 0.951 bits per heavy atom. The standard InChI is InChI=1S/C40H78IN7O12S/c41-48-35(39(43)52)19-14-16-22-45-37(50)32-59-29-27-57-25-23-46-38(51)33-60-30-28-58-26-24-47-40(53)34(42)18-13-15-21-44-36(49)20-12-10-8-6-4-2-1-3-5-7-9-11-17-31-61(54,55)56/h34-35,48H,1-33,42H2,(H2,43,52)(H,44,49)(H,45,50)(H,46,51)(H,47,53)(H,54,55,56)/t34-,35-/m0/s1. The van der Waals surface area contributed by atoms with Gasteiger partial charge in [0.25, 0.3) is 10.1 Å². The van der Waals surface area contributed by atoms with Crippen LogP contribution in [-0.4, -0.2) is 139 Å². The fraction of sp³-hybridized carbons (Fsp3) is 0.875. The van der Waals surface area contributed by atoms with Crippen LogP contribution in [0.25, 0.3) is 0 Å². The molecular weight excluding hydrogens is 929 g/mol. The van der Waals surface area contributed by atoms with Crippen LogP contribution in [0.2, 0.25) is 0 Å². The molecule has 0 fully saturated rings. The molecule has 0 unspecified atom stereocenters. The highest BCUT2D eigenvalue weighted by Crippen LogP contribution is 2.13. The van der Waals surface area contributed by atoms with Crippen LogP contribution >= 0.6 is 22.9 Å². The molecule has 0 saturated heterocycles. The number of hydrogen-bond acceptors (Lipinski definition) is 13. The smallest absolute Gasteiger partial charge is 0.264 e. The molecule has 19 nitrogen and oxygen atoms in total. The molecule has 21 heteroatoms. The number of nitrogens with one attached hydrogen (secondary N) is 5. The second-order valence-electron chi connectivity index (χ2n) is 15.0. The Balaban J connectivity index is 3.49. The molecule has 0 aromatic carbocycles. The van der Waals surface area contributed by atoms with Crippen LogP contribution in [-0.2, 0) is 53.0 Å². The van der Waals surface area contributed by atoms with Crippen molar-refractivity contribution in [2.45, 2.75) is 141 Å². The molecule has 0 aliphatic rings. The molecule has 0 aromatic heterocycles. The first-order chi connectivity index (χ1) is 29.4. The molecule has 0 spiro atoms. The van der Waals surface area contributed by atoms with Gasteiger partial charge in [-0.2, -0.15) is 8.42 Å². The van der Waals surface area contributed by atoms with Gasteiger partial charge in [0, 0.05) is 55.5 Å². The van der Waals surface area contributed by atoms with Crippen molar-refractivity contribution in [2.75, 3.05) is 84.8 Å². The van der Waals surface area contributed by atoms with Gasteiger partial charge < -0.3 is 51.7 Å². The number of primary amides is 1. The zero-order chi connectivity index (χ0) is 45.2. The summed E-state index contributed by atoms with van der Waals surface area (Å²) >= 11 is 1.89. The van der Waals surface area contributed by atoms with E-state index < -0.39 is 22.1 Å². The molecule has 2 atom stereocenters. The van der Waals surface area contributed by atoms with Gasteiger partial charge in [-0.05, 0) is 51.4 Å². The maximum Gasteiger partial charge on any atom is 0.264 e. The lowest BCUT2D eigenvalue weighted by atomic mass is 10.0. The van der Waals surface area contributed by atoms with Crippen molar-refractivity contribution in [3.63, 3.8) is 0 Å². The Bertz CT molecular complexity index is 1260. The average molecular weight is 1010 g/mol. The first kappa shape index (κ1) is 58.8. The molecule has 10 N–H and O–H groups in total. The summed E-state index contributed by atoms with van der Waals surface area (Å²) in [4.78, 5) is 59.2.